The van der Waals surface area contributed by atoms with Crippen LogP contribution in [-0.4, -0.2) is 23.4 Å². The van der Waals surface area contributed by atoms with E-state index in [0.29, 0.717) is 5.56 Å². The largest absolute Gasteiger partial charge is 0.410 e. The Morgan fingerprint density at radius 1 is 1.56 bits per heavy atom. The zero-order valence-corrected chi connectivity index (χ0v) is 8.40. The van der Waals surface area contributed by atoms with Crippen molar-refractivity contribution in [3.8, 4) is 0 Å². The van der Waals surface area contributed by atoms with Crippen LogP contribution in [0.15, 0.2) is 23.4 Å². The van der Waals surface area contributed by atoms with Crippen molar-refractivity contribution >= 4 is 12.1 Å². The summed E-state index contributed by atoms with van der Waals surface area (Å²) in [5.41, 5.74) is 0.297. The average Bonchev–Trinajstić information content (AvgIpc) is 3.05. The Bertz CT molecular complexity index is 442. The molecule has 1 aliphatic rings. The van der Waals surface area contributed by atoms with Crippen LogP contribution in [0.5, 0.6) is 0 Å². The fourth-order valence-electron chi connectivity index (χ4n) is 1.32. The summed E-state index contributed by atoms with van der Waals surface area (Å²) in [6.45, 7) is 0. The molecule has 0 spiro atoms. The van der Waals surface area contributed by atoms with Crippen LogP contribution < -0.4 is 5.32 Å². The topological polar surface area (TPSA) is 61.7 Å². The van der Waals surface area contributed by atoms with E-state index in [2.05, 4.69) is 16.7 Å². The van der Waals surface area contributed by atoms with E-state index >= 15 is 0 Å². The monoisotopic (exact) mass is 221 g/mol. The normalized spacial score (nSPS) is 15.3. The molecule has 83 valence electrons. The first-order chi connectivity index (χ1) is 7.70. The highest BCUT2D eigenvalue weighted by Crippen LogP contribution is 2.20. The van der Waals surface area contributed by atoms with Crippen molar-refractivity contribution in [3.63, 3.8) is 0 Å². The van der Waals surface area contributed by atoms with Crippen LogP contribution in [0.4, 0.5) is 4.39 Å². The van der Waals surface area contributed by atoms with E-state index in [1.165, 1.54) is 12.1 Å². The number of carbonyl (C=O) groups is 1. The van der Waals surface area contributed by atoms with Gasteiger partial charge in [-0.25, -0.2) is 4.39 Å². The molecule has 0 bridgehead atoms. The molecule has 2 N–H and O–H groups in total. The van der Waals surface area contributed by atoms with E-state index in [0.717, 1.165) is 18.9 Å². The molecule has 1 amide bonds. The van der Waals surface area contributed by atoms with Gasteiger partial charge in [0.05, 0.1) is 5.56 Å². The van der Waals surface area contributed by atoms with Crippen LogP contribution in [-0.2, 0) is 0 Å². The Balaban J connectivity index is 2.22. The molecule has 1 aromatic carbocycles. The Morgan fingerprint density at radius 2 is 2.31 bits per heavy atom. The van der Waals surface area contributed by atoms with Crippen molar-refractivity contribution in [2.75, 3.05) is 0 Å². The molecule has 0 aliphatic heterocycles. The van der Waals surface area contributed by atoms with E-state index in [1.807, 2.05) is 0 Å². The predicted octanol–water partition coefficient (Wildman–Crippen LogP) is 1.40. The Kier molecular flexibility index (Phi) is 2.85. The second kappa shape index (κ2) is 4.30. The van der Waals surface area contributed by atoms with Gasteiger partial charge in [-0.15, -0.1) is 0 Å². The molecule has 4 nitrogen and oxygen atoms in total. The zero-order valence-electron chi connectivity index (χ0n) is 8.40. The minimum atomic E-state index is -0.596. The van der Waals surface area contributed by atoms with Crippen molar-refractivity contribution in [1.29, 1.82) is 0 Å². The number of nitrogens with one attached hydrogen (secondary N) is 1. The predicted molar refractivity (Wildman–Crippen MR) is 55.2 cm³/mol. The Labute approximate surface area is 91.8 Å². The molecule has 1 radical (unpaired) electrons. The summed E-state index contributed by atoms with van der Waals surface area (Å²) >= 11 is 0. The highest BCUT2D eigenvalue weighted by atomic mass is 19.1. The quantitative estimate of drug-likeness (QED) is 0.460. The fourth-order valence-corrected chi connectivity index (χ4v) is 1.32. The minimum absolute atomic E-state index is 0.0550. The summed E-state index contributed by atoms with van der Waals surface area (Å²) < 4.78 is 13.3. The van der Waals surface area contributed by atoms with E-state index in [-0.39, 0.29) is 11.6 Å². The van der Waals surface area contributed by atoms with Crippen LogP contribution in [0.1, 0.15) is 28.8 Å². The molecule has 2 rings (SSSR count). The van der Waals surface area contributed by atoms with Gasteiger partial charge in [0.1, 0.15) is 12.0 Å². The standard InChI is InChI=1S/C11H10FN2O2/c12-10-4-1-7(6-13-16)5-9(10)11(15)14-8-2-3-8/h1,4-5,8,16H,2-3H2,(H,14,15). The molecule has 1 aromatic rings. The molecule has 1 fully saturated rings. The van der Waals surface area contributed by atoms with Gasteiger partial charge in [-0.2, -0.15) is 0 Å². The molecular formula is C11H10FN2O2. The summed E-state index contributed by atoms with van der Waals surface area (Å²) in [6, 6.07) is 4.00. The van der Waals surface area contributed by atoms with Crippen LogP contribution in [0, 0.1) is 5.82 Å². The van der Waals surface area contributed by atoms with E-state index < -0.39 is 11.7 Å². The maximum absolute atomic E-state index is 13.3. The lowest BCUT2D eigenvalue weighted by Gasteiger charge is -2.04. The van der Waals surface area contributed by atoms with Crippen molar-refractivity contribution < 1.29 is 14.4 Å². The van der Waals surface area contributed by atoms with Crippen molar-refractivity contribution in [2.45, 2.75) is 18.9 Å². The third-order valence-electron chi connectivity index (χ3n) is 2.30. The van der Waals surface area contributed by atoms with Crippen LogP contribution in [0.3, 0.4) is 0 Å². The summed E-state index contributed by atoms with van der Waals surface area (Å²) in [5.74, 6) is -1.04. The highest BCUT2D eigenvalue weighted by Gasteiger charge is 2.25. The summed E-state index contributed by atoms with van der Waals surface area (Å²) in [6.07, 6.45) is 4.12. The summed E-state index contributed by atoms with van der Waals surface area (Å²) in [4.78, 5) is 11.6. The van der Waals surface area contributed by atoms with Crippen molar-refractivity contribution in [2.24, 2.45) is 5.16 Å². The molecule has 1 aliphatic carbocycles. The van der Waals surface area contributed by atoms with Gasteiger partial charge in [0.25, 0.3) is 5.91 Å². The van der Waals surface area contributed by atoms with Crippen LogP contribution in [0.25, 0.3) is 0 Å². The first-order valence-electron chi connectivity index (χ1n) is 4.91. The van der Waals surface area contributed by atoms with Gasteiger partial charge in [-0.3, -0.25) is 4.79 Å². The zero-order chi connectivity index (χ0) is 11.5. The van der Waals surface area contributed by atoms with Gasteiger partial charge >= 0.3 is 0 Å². The molecule has 16 heavy (non-hydrogen) atoms. The number of rotatable bonds is 3. The van der Waals surface area contributed by atoms with E-state index in [1.54, 1.807) is 0 Å². The third kappa shape index (κ3) is 2.36. The Hall–Kier alpha value is -1.91. The van der Waals surface area contributed by atoms with Gasteiger partial charge in [0, 0.05) is 11.6 Å². The van der Waals surface area contributed by atoms with Crippen LogP contribution in [0.2, 0.25) is 0 Å². The first kappa shape index (κ1) is 10.6. The number of nitrogens with zero attached hydrogens (tertiary/aromatic N) is 1. The van der Waals surface area contributed by atoms with Crippen molar-refractivity contribution in [1.82, 2.24) is 5.32 Å². The maximum Gasteiger partial charge on any atom is 0.254 e. The fraction of sp³-hybridized carbons (Fsp3) is 0.273. The van der Waals surface area contributed by atoms with Gasteiger partial charge in [-0.1, -0.05) is 5.16 Å². The smallest absolute Gasteiger partial charge is 0.254 e. The number of hydrogen-bond donors (Lipinski definition) is 2. The lowest BCUT2D eigenvalue weighted by Crippen LogP contribution is -2.26. The second-order valence-corrected chi connectivity index (χ2v) is 3.65. The number of hydrogen-bond acceptors (Lipinski definition) is 3. The third-order valence-corrected chi connectivity index (χ3v) is 2.30. The summed E-state index contributed by atoms with van der Waals surface area (Å²) in [5, 5.41) is 13.7. The van der Waals surface area contributed by atoms with Gasteiger partial charge in [-0.05, 0) is 31.0 Å². The van der Waals surface area contributed by atoms with E-state index in [4.69, 9.17) is 5.21 Å². The second-order valence-electron chi connectivity index (χ2n) is 3.65. The molecule has 0 unspecified atom stereocenters. The average molecular weight is 221 g/mol. The SMILES string of the molecule is O=C(NC1CC1)c1cc([C]=NO)ccc1F. The number of halogens is 1. The molecule has 0 aromatic heterocycles. The van der Waals surface area contributed by atoms with Gasteiger partial charge in [0.2, 0.25) is 0 Å². The first-order valence-corrected chi connectivity index (χ1v) is 4.91. The lowest BCUT2D eigenvalue weighted by atomic mass is 10.1. The molecule has 5 heteroatoms. The Morgan fingerprint density at radius 3 is 2.94 bits per heavy atom. The molecule has 1 saturated carbocycles. The number of amides is 1. The minimum Gasteiger partial charge on any atom is -0.410 e. The van der Waals surface area contributed by atoms with Crippen LogP contribution >= 0.6 is 0 Å². The molecule has 0 heterocycles. The molecule has 0 atom stereocenters. The number of carbonyl (C=O) groups excluding carboxylic acids is 1. The van der Waals surface area contributed by atoms with Gasteiger partial charge < -0.3 is 10.5 Å². The van der Waals surface area contributed by atoms with Gasteiger partial charge in [0.15, 0.2) is 0 Å². The molecular weight excluding hydrogens is 211 g/mol. The summed E-state index contributed by atoms with van der Waals surface area (Å²) in [7, 11) is 0. The lowest BCUT2D eigenvalue weighted by molar-refractivity contribution is 0.0947. The highest BCUT2D eigenvalue weighted by molar-refractivity contribution is 5.96. The number of benzene rings is 1. The molecule has 0 saturated heterocycles. The maximum atomic E-state index is 13.3. The van der Waals surface area contributed by atoms with Crippen molar-refractivity contribution in [3.05, 3.63) is 35.1 Å². The van der Waals surface area contributed by atoms with E-state index in [9.17, 15) is 9.18 Å².